The number of nitrogens with zero attached hydrogens (tertiary/aromatic N) is 1. The van der Waals surface area contributed by atoms with Gasteiger partial charge in [-0.05, 0) is 18.2 Å². The second-order valence-corrected chi connectivity index (χ2v) is 6.81. The van der Waals surface area contributed by atoms with Gasteiger partial charge in [-0.3, -0.25) is 4.79 Å². The lowest BCUT2D eigenvalue weighted by molar-refractivity contribution is -0.121. The highest BCUT2D eigenvalue weighted by molar-refractivity contribution is 7.88. The van der Waals surface area contributed by atoms with E-state index in [2.05, 4.69) is 20.0 Å². The summed E-state index contributed by atoms with van der Waals surface area (Å²) in [4.78, 5) is 18.9. The molecule has 0 saturated heterocycles. The number of imidazole rings is 1. The number of nitrogens with one attached hydrogen (secondary N) is 3. The van der Waals surface area contributed by atoms with Crippen molar-refractivity contribution >= 4 is 38.6 Å². The summed E-state index contributed by atoms with van der Waals surface area (Å²) in [5, 5.41) is 3.27. The molecular formula is C12H15ClN4O3S. The van der Waals surface area contributed by atoms with Crippen LogP contribution in [0.25, 0.3) is 11.0 Å². The zero-order valence-electron chi connectivity index (χ0n) is 11.3. The second-order valence-electron chi connectivity index (χ2n) is 4.54. The van der Waals surface area contributed by atoms with Gasteiger partial charge in [-0.15, -0.1) is 0 Å². The highest BCUT2D eigenvalue weighted by Crippen LogP contribution is 2.16. The maximum Gasteiger partial charge on any atom is 0.221 e. The number of aromatic nitrogens is 2. The van der Waals surface area contributed by atoms with Gasteiger partial charge in [0, 0.05) is 18.0 Å². The topological polar surface area (TPSA) is 104 Å². The molecule has 3 N–H and O–H groups in total. The van der Waals surface area contributed by atoms with Crippen LogP contribution < -0.4 is 10.0 Å². The van der Waals surface area contributed by atoms with Gasteiger partial charge in [0.05, 0.1) is 23.8 Å². The lowest BCUT2D eigenvalue weighted by Gasteiger charge is -2.03. The van der Waals surface area contributed by atoms with Gasteiger partial charge in [-0.1, -0.05) is 11.6 Å². The Bertz CT molecular complexity index is 757. The maximum absolute atomic E-state index is 11.6. The first-order chi connectivity index (χ1) is 9.83. The van der Waals surface area contributed by atoms with Crippen molar-refractivity contribution in [1.29, 1.82) is 0 Å². The van der Waals surface area contributed by atoms with E-state index in [0.717, 1.165) is 17.3 Å². The Morgan fingerprint density at radius 2 is 2.19 bits per heavy atom. The van der Waals surface area contributed by atoms with Crippen molar-refractivity contribution in [2.45, 2.75) is 13.0 Å². The third-order valence-corrected chi connectivity index (χ3v) is 3.63. The third-order valence-electron chi connectivity index (χ3n) is 2.66. The molecule has 0 aliphatic rings. The first kappa shape index (κ1) is 15.7. The first-order valence-corrected chi connectivity index (χ1v) is 8.46. The van der Waals surface area contributed by atoms with Gasteiger partial charge in [0.1, 0.15) is 5.82 Å². The standard InChI is InChI=1S/C12H15ClN4O3S/c1-21(19,20)15-5-4-12(18)14-7-11-16-9-3-2-8(13)6-10(9)17-11/h2-3,6,15H,4-5,7H2,1H3,(H,14,18)(H,16,17). The van der Waals surface area contributed by atoms with Crippen LogP contribution in [-0.2, 0) is 21.4 Å². The Balaban J connectivity index is 1.85. The monoisotopic (exact) mass is 330 g/mol. The molecule has 0 aliphatic heterocycles. The van der Waals surface area contributed by atoms with Crippen LogP contribution in [0, 0.1) is 0 Å². The molecule has 7 nitrogen and oxygen atoms in total. The molecule has 114 valence electrons. The molecule has 21 heavy (non-hydrogen) atoms. The van der Waals surface area contributed by atoms with E-state index in [1.807, 2.05) is 0 Å². The SMILES string of the molecule is CS(=O)(=O)NCCC(=O)NCc1nc2ccc(Cl)cc2[nH]1. The van der Waals surface area contributed by atoms with Gasteiger partial charge in [-0.2, -0.15) is 0 Å². The molecule has 0 fully saturated rings. The second kappa shape index (κ2) is 6.42. The van der Waals surface area contributed by atoms with Gasteiger partial charge in [0.2, 0.25) is 15.9 Å². The Morgan fingerprint density at radius 1 is 1.43 bits per heavy atom. The van der Waals surface area contributed by atoms with Crippen molar-refractivity contribution in [3.05, 3.63) is 29.0 Å². The van der Waals surface area contributed by atoms with Gasteiger partial charge in [0.15, 0.2) is 0 Å². The Kier molecular flexibility index (Phi) is 4.81. The van der Waals surface area contributed by atoms with E-state index in [-0.39, 0.29) is 25.4 Å². The summed E-state index contributed by atoms with van der Waals surface area (Å²) in [6.45, 7) is 0.310. The van der Waals surface area contributed by atoms with Crippen LogP contribution in [0.3, 0.4) is 0 Å². The Labute approximate surface area is 127 Å². The minimum atomic E-state index is -3.27. The number of carbonyl (C=O) groups excluding carboxylic acids is 1. The molecule has 0 aliphatic carbocycles. The zero-order valence-corrected chi connectivity index (χ0v) is 12.9. The van der Waals surface area contributed by atoms with Crippen LogP contribution in [0.15, 0.2) is 18.2 Å². The van der Waals surface area contributed by atoms with Crippen molar-refractivity contribution in [3.63, 3.8) is 0 Å². The maximum atomic E-state index is 11.6. The number of rotatable bonds is 6. The predicted molar refractivity (Wildman–Crippen MR) is 80.4 cm³/mol. The molecule has 0 bridgehead atoms. The molecule has 9 heteroatoms. The lowest BCUT2D eigenvalue weighted by Crippen LogP contribution is -2.30. The molecule has 2 aromatic rings. The van der Waals surface area contributed by atoms with Crippen LogP contribution in [0.4, 0.5) is 0 Å². The van der Waals surface area contributed by atoms with Gasteiger partial charge < -0.3 is 10.3 Å². The quantitative estimate of drug-likeness (QED) is 0.727. The number of benzene rings is 1. The zero-order chi connectivity index (χ0) is 15.5. The van der Waals surface area contributed by atoms with Crippen LogP contribution in [0.1, 0.15) is 12.2 Å². The average Bonchev–Trinajstić information content (AvgIpc) is 2.76. The van der Waals surface area contributed by atoms with Crippen molar-refractivity contribution in [2.75, 3.05) is 12.8 Å². The van der Waals surface area contributed by atoms with E-state index in [1.54, 1.807) is 18.2 Å². The lowest BCUT2D eigenvalue weighted by atomic mass is 10.3. The van der Waals surface area contributed by atoms with E-state index in [0.29, 0.717) is 10.8 Å². The number of amides is 1. The summed E-state index contributed by atoms with van der Waals surface area (Å²) in [7, 11) is -3.27. The molecule has 0 atom stereocenters. The van der Waals surface area contributed by atoms with Crippen LogP contribution in [-0.4, -0.2) is 37.1 Å². The fourth-order valence-corrected chi connectivity index (χ4v) is 2.38. The summed E-state index contributed by atoms with van der Waals surface area (Å²) in [5.74, 6) is 0.348. The third kappa shape index (κ3) is 5.00. The molecule has 1 aromatic heterocycles. The number of halogens is 1. The van der Waals surface area contributed by atoms with E-state index in [4.69, 9.17) is 11.6 Å². The van der Waals surface area contributed by atoms with E-state index < -0.39 is 10.0 Å². The fraction of sp³-hybridized carbons (Fsp3) is 0.333. The van der Waals surface area contributed by atoms with Crippen LogP contribution in [0.2, 0.25) is 5.02 Å². The molecule has 2 rings (SSSR count). The number of hydrogen-bond acceptors (Lipinski definition) is 4. The number of fused-ring (bicyclic) bond motifs is 1. The van der Waals surface area contributed by atoms with Gasteiger partial charge in [-0.25, -0.2) is 18.1 Å². The highest BCUT2D eigenvalue weighted by atomic mass is 35.5. The van der Waals surface area contributed by atoms with Crippen molar-refractivity contribution in [3.8, 4) is 0 Å². The normalized spacial score (nSPS) is 11.7. The predicted octanol–water partition coefficient (Wildman–Crippen LogP) is 0.772. The molecular weight excluding hydrogens is 316 g/mol. The van der Waals surface area contributed by atoms with E-state index in [1.165, 1.54) is 0 Å². The van der Waals surface area contributed by atoms with Crippen molar-refractivity contribution in [2.24, 2.45) is 0 Å². The Hall–Kier alpha value is -1.64. The highest BCUT2D eigenvalue weighted by Gasteiger charge is 2.07. The minimum absolute atomic E-state index is 0.0686. The van der Waals surface area contributed by atoms with Crippen LogP contribution >= 0.6 is 11.6 Å². The number of sulfonamides is 1. The summed E-state index contributed by atoms with van der Waals surface area (Å²) < 4.78 is 24.0. The molecule has 1 heterocycles. The smallest absolute Gasteiger partial charge is 0.221 e. The summed E-state index contributed by atoms with van der Waals surface area (Å²) in [6, 6.07) is 5.28. The molecule has 0 unspecified atom stereocenters. The largest absolute Gasteiger partial charge is 0.349 e. The molecule has 1 amide bonds. The number of carbonyl (C=O) groups is 1. The Morgan fingerprint density at radius 3 is 2.90 bits per heavy atom. The summed E-state index contributed by atoms with van der Waals surface area (Å²) >= 11 is 5.88. The number of aromatic amines is 1. The molecule has 1 aromatic carbocycles. The van der Waals surface area contributed by atoms with Crippen molar-refractivity contribution < 1.29 is 13.2 Å². The molecule has 0 radical (unpaired) electrons. The van der Waals surface area contributed by atoms with Crippen LogP contribution in [0.5, 0.6) is 0 Å². The van der Waals surface area contributed by atoms with E-state index in [9.17, 15) is 13.2 Å². The molecule has 0 spiro atoms. The molecule has 0 saturated carbocycles. The number of H-pyrrole nitrogens is 1. The van der Waals surface area contributed by atoms with E-state index >= 15 is 0 Å². The minimum Gasteiger partial charge on any atom is -0.349 e. The number of hydrogen-bond donors (Lipinski definition) is 3. The van der Waals surface area contributed by atoms with Crippen molar-refractivity contribution in [1.82, 2.24) is 20.0 Å². The summed E-state index contributed by atoms with van der Waals surface area (Å²) in [5.41, 5.74) is 1.56. The van der Waals surface area contributed by atoms with Gasteiger partial charge in [0.25, 0.3) is 0 Å². The summed E-state index contributed by atoms with van der Waals surface area (Å²) in [6.07, 6.45) is 1.11. The average molecular weight is 331 g/mol. The first-order valence-electron chi connectivity index (χ1n) is 6.19. The fourth-order valence-electron chi connectivity index (χ4n) is 1.74. The van der Waals surface area contributed by atoms with Gasteiger partial charge >= 0.3 is 0 Å².